The normalized spacial score (nSPS) is 16.9. The monoisotopic (exact) mass is 362 g/mol. The van der Waals surface area contributed by atoms with Gasteiger partial charge in [-0.3, -0.25) is 4.90 Å². The first-order valence-electron chi connectivity index (χ1n) is 8.42. The number of aryl methyl sites for hydroxylation is 1. The highest BCUT2D eigenvalue weighted by molar-refractivity contribution is 7.88. The largest absolute Gasteiger partial charge is 0.296 e. The molecule has 1 fully saturated rings. The van der Waals surface area contributed by atoms with Crippen molar-refractivity contribution in [2.45, 2.75) is 19.2 Å². The van der Waals surface area contributed by atoms with Gasteiger partial charge < -0.3 is 0 Å². The van der Waals surface area contributed by atoms with E-state index in [1.165, 1.54) is 35.4 Å². The standard InChI is InChI=1S/C19H23FN2O2S/c1-16-3-2-4-18(13-16)14-21-9-11-22(12-10-21)25(23,24)15-17-5-7-19(20)8-6-17/h2-8,13H,9-12,14-15H2,1H3. The van der Waals surface area contributed by atoms with Gasteiger partial charge in [0.05, 0.1) is 5.75 Å². The zero-order chi connectivity index (χ0) is 17.9. The van der Waals surface area contributed by atoms with Crippen LogP contribution in [0.4, 0.5) is 4.39 Å². The van der Waals surface area contributed by atoms with Gasteiger partial charge in [0.25, 0.3) is 0 Å². The molecule has 0 atom stereocenters. The lowest BCUT2D eigenvalue weighted by atomic mass is 10.1. The Balaban J connectivity index is 1.56. The summed E-state index contributed by atoms with van der Waals surface area (Å²) >= 11 is 0. The highest BCUT2D eigenvalue weighted by Crippen LogP contribution is 2.16. The van der Waals surface area contributed by atoms with Crippen LogP contribution in [-0.2, 0) is 22.3 Å². The van der Waals surface area contributed by atoms with Gasteiger partial charge in [0.1, 0.15) is 5.82 Å². The second-order valence-electron chi connectivity index (χ2n) is 6.55. The predicted octanol–water partition coefficient (Wildman–Crippen LogP) is 2.78. The van der Waals surface area contributed by atoms with Crippen molar-refractivity contribution < 1.29 is 12.8 Å². The van der Waals surface area contributed by atoms with E-state index < -0.39 is 10.0 Å². The van der Waals surface area contributed by atoms with Gasteiger partial charge in [-0.1, -0.05) is 42.0 Å². The molecule has 4 nitrogen and oxygen atoms in total. The Hall–Kier alpha value is -1.76. The fraction of sp³-hybridized carbons (Fsp3) is 0.368. The molecule has 134 valence electrons. The third-order valence-electron chi connectivity index (χ3n) is 4.48. The van der Waals surface area contributed by atoms with Crippen molar-refractivity contribution in [2.75, 3.05) is 26.2 Å². The van der Waals surface area contributed by atoms with E-state index in [9.17, 15) is 12.8 Å². The molecule has 1 aliphatic rings. The number of sulfonamides is 1. The molecule has 6 heteroatoms. The van der Waals surface area contributed by atoms with E-state index >= 15 is 0 Å². The van der Waals surface area contributed by atoms with Crippen molar-refractivity contribution in [2.24, 2.45) is 0 Å². The smallest absolute Gasteiger partial charge is 0.218 e. The quantitative estimate of drug-likeness (QED) is 0.821. The molecule has 2 aromatic carbocycles. The van der Waals surface area contributed by atoms with Crippen LogP contribution in [0.15, 0.2) is 48.5 Å². The van der Waals surface area contributed by atoms with Crippen LogP contribution < -0.4 is 0 Å². The van der Waals surface area contributed by atoms with Gasteiger partial charge in [0.15, 0.2) is 0 Å². The molecular weight excluding hydrogens is 339 g/mol. The van der Waals surface area contributed by atoms with E-state index in [4.69, 9.17) is 0 Å². The summed E-state index contributed by atoms with van der Waals surface area (Å²) in [7, 11) is -3.37. The summed E-state index contributed by atoms with van der Waals surface area (Å²) < 4.78 is 39.6. The Morgan fingerprint density at radius 3 is 2.28 bits per heavy atom. The summed E-state index contributed by atoms with van der Waals surface area (Å²) in [5, 5.41) is 0. The van der Waals surface area contributed by atoms with E-state index in [1.54, 1.807) is 4.31 Å². The van der Waals surface area contributed by atoms with Crippen molar-refractivity contribution >= 4 is 10.0 Å². The van der Waals surface area contributed by atoms with Crippen LogP contribution in [0.25, 0.3) is 0 Å². The first-order chi connectivity index (χ1) is 11.9. The molecule has 0 aromatic heterocycles. The summed E-state index contributed by atoms with van der Waals surface area (Å²) in [5.41, 5.74) is 3.10. The lowest BCUT2D eigenvalue weighted by molar-refractivity contribution is 0.181. The molecule has 0 unspecified atom stereocenters. The summed E-state index contributed by atoms with van der Waals surface area (Å²) in [6, 6.07) is 14.0. The molecule has 0 saturated carbocycles. The van der Waals surface area contributed by atoms with Gasteiger partial charge in [-0.25, -0.2) is 12.8 Å². The van der Waals surface area contributed by atoms with Gasteiger partial charge in [0.2, 0.25) is 10.0 Å². The molecule has 1 saturated heterocycles. The number of hydrogen-bond acceptors (Lipinski definition) is 3. The minimum absolute atomic E-state index is 0.0782. The molecule has 0 bridgehead atoms. The van der Waals surface area contributed by atoms with Crippen molar-refractivity contribution in [3.8, 4) is 0 Å². The van der Waals surface area contributed by atoms with Crippen LogP contribution in [0, 0.1) is 12.7 Å². The first-order valence-corrected chi connectivity index (χ1v) is 10.0. The van der Waals surface area contributed by atoms with Gasteiger partial charge in [-0.05, 0) is 30.2 Å². The van der Waals surface area contributed by atoms with Gasteiger partial charge in [-0.2, -0.15) is 4.31 Å². The molecule has 0 aliphatic carbocycles. The van der Waals surface area contributed by atoms with Gasteiger partial charge in [-0.15, -0.1) is 0 Å². The van der Waals surface area contributed by atoms with Gasteiger partial charge in [0, 0.05) is 32.7 Å². The zero-order valence-electron chi connectivity index (χ0n) is 14.4. The molecule has 1 aliphatic heterocycles. The van der Waals surface area contributed by atoms with E-state index in [-0.39, 0.29) is 11.6 Å². The maximum absolute atomic E-state index is 13.0. The Labute approximate surface area is 148 Å². The van der Waals surface area contributed by atoms with E-state index in [2.05, 4.69) is 30.0 Å². The van der Waals surface area contributed by atoms with Crippen LogP contribution in [0.1, 0.15) is 16.7 Å². The Bertz CT molecular complexity index is 814. The van der Waals surface area contributed by atoms with E-state index in [0.29, 0.717) is 18.7 Å². The number of rotatable bonds is 5. The van der Waals surface area contributed by atoms with E-state index in [1.807, 2.05) is 6.07 Å². The molecule has 1 heterocycles. The van der Waals surface area contributed by atoms with Crippen LogP contribution in [-0.4, -0.2) is 43.8 Å². The van der Waals surface area contributed by atoms with Crippen LogP contribution >= 0.6 is 0 Å². The molecule has 0 amide bonds. The molecule has 3 rings (SSSR count). The van der Waals surface area contributed by atoms with Crippen molar-refractivity contribution in [3.63, 3.8) is 0 Å². The number of benzene rings is 2. The maximum Gasteiger partial charge on any atom is 0.218 e. The predicted molar refractivity (Wildman–Crippen MR) is 97.1 cm³/mol. The second kappa shape index (κ2) is 7.64. The summed E-state index contributed by atoms with van der Waals surface area (Å²) in [6.07, 6.45) is 0. The summed E-state index contributed by atoms with van der Waals surface area (Å²) in [6.45, 7) is 5.34. The van der Waals surface area contributed by atoms with Gasteiger partial charge >= 0.3 is 0 Å². The summed E-state index contributed by atoms with van der Waals surface area (Å²) in [4.78, 5) is 2.28. The molecule has 2 aromatic rings. The topological polar surface area (TPSA) is 40.6 Å². The molecule has 0 spiro atoms. The number of halogens is 1. The lowest BCUT2D eigenvalue weighted by Gasteiger charge is -2.34. The number of nitrogens with zero attached hydrogens (tertiary/aromatic N) is 2. The lowest BCUT2D eigenvalue weighted by Crippen LogP contribution is -2.48. The number of piperazine rings is 1. The Morgan fingerprint density at radius 1 is 0.960 bits per heavy atom. The maximum atomic E-state index is 13.0. The zero-order valence-corrected chi connectivity index (χ0v) is 15.2. The van der Waals surface area contributed by atoms with Crippen LogP contribution in [0.3, 0.4) is 0 Å². The highest BCUT2D eigenvalue weighted by atomic mass is 32.2. The minimum atomic E-state index is -3.37. The summed E-state index contributed by atoms with van der Waals surface area (Å²) in [5.74, 6) is -0.434. The highest BCUT2D eigenvalue weighted by Gasteiger charge is 2.27. The minimum Gasteiger partial charge on any atom is -0.296 e. The molecule has 0 N–H and O–H groups in total. The second-order valence-corrected chi connectivity index (χ2v) is 8.52. The third kappa shape index (κ3) is 4.87. The van der Waals surface area contributed by atoms with Crippen molar-refractivity contribution in [1.82, 2.24) is 9.21 Å². The Kier molecular flexibility index (Phi) is 5.51. The third-order valence-corrected chi connectivity index (χ3v) is 6.33. The van der Waals surface area contributed by atoms with Crippen molar-refractivity contribution in [3.05, 3.63) is 71.0 Å². The van der Waals surface area contributed by atoms with E-state index in [0.717, 1.165) is 19.6 Å². The fourth-order valence-corrected chi connectivity index (χ4v) is 4.63. The fourth-order valence-electron chi connectivity index (χ4n) is 3.12. The first kappa shape index (κ1) is 18.0. The average Bonchev–Trinajstić information content (AvgIpc) is 2.57. The Morgan fingerprint density at radius 2 is 1.64 bits per heavy atom. The molecular formula is C19H23FN2O2S. The van der Waals surface area contributed by atoms with Crippen molar-refractivity contribution in [1.29, 1.82) is 0 Å². The SMILES string of the molecule is Cc1cccc(CN2CCN(S(=O)(=O)Cc3ccc(F)cc3)CC2)c1. The van der Waals surface area contributed by atoms with Crippen LogP contribution in [0.5, 0.6) is 0 Å². The molecule has 0 radical (unpaired) electrons. The van der Waals surface area contributed by atoms with Crippen LogP contribution in [0.2, 0.25) is 0 Å². The number of hydrogen-bond donors (Lipinski definition) is 0. The molecule has 25 heavy (non-hydrogen) atoms. The average molecular weight is 362 g/mol.